The van der Waals surface area contributed by atoms with Crippen LogP contribution in [0.2, 0.25) is 0 Å². The van der Waals surface area contributed by atoms with Crippen LogP contribution in [0.5, 0.6) is 0 Å². The average Bonchev–Trinajstić information content (AvgIpc) is 3.35. The summed E-state index contributed by atoms with van der Waals surface area (Å²) in [4.78, 5) is 37.0. The van der Waals surface area contributed by atoms with Crippen molar-refractivity contribution in [3.05, 3.63) is 40.7 Å². The first-order chi connectivity index (χ1) is 17.1. The fourth-order valence-electron chi connectivity index (χ4n) is 5.47. The molecule has 10 heteroatoms. The van der Waals surface area contributed by atoms with E-state index in [9.17, 15) is 20.0 Å². The molecule has 0 aromatic carbocycles. The molecule has 2 aromatic rings. The zero-order valence-corrected chi connectivity index (χ0v) is 19.6. The third-order valence-corrected chi connectivity index (χ3v) is 7.54. The van der Waals surface area contributed by atoms with E-state index in [1.165, 1.54) is 17.5 Å². The molecule has 0 aliphatic carbocycles. The van der Waals surface area contributed by atoms with Gasteiger partial charge in [0.2, 0.25) is 0 Å². The van der Waals surface area contributed by atoms with Crippen molar-refractivity contribution in [3.63, 3.8) is 0 Å². The Morgan fingerprint density at radius 3 is 2.80 bits per heavy atom. The van der Waals surface area contributed by atoms with Gasteiger partial charge in [-0.3, -0.25) is 15.0 Å². The van der Waals surface area contributed by atoms with E-state index >= 15 is 0 Å². The molecule has 0 unspecified atom stereocenters. The number of anilines is 3. The highest BCUT2D eigenvalue weighted by Gasteiger charge is 2.37. The zero-order valence-electron chi connectivity index (χ0n) is 19.6. The molecule has 3 N–H and O–H groups in total. The minimum atomic E-state index is -0.398. The standard InChI is InChI=1S/C25H29N7O3/c26-12-19-13-28-22(11-21(19)31-8-4-25(5-9-31)3-6-27-16-25)30-24(35)32-7-1-2-17-10-18(14-33)20(15-34)29-23(17)32/h10-11,13,15,27,33H,1-9,14,16H2,(H,28,30,35). The second kappa shape index (κ2) is 9.60. The van der Waals surface area contributed by atoms with Gasteiger partial charge in [0.25, 0.3) is 0 Å². The van der Waals surface area contributed by atoms with Crippen molar-refractivity contribution in [2.24, 2.45) is 5.41 Å². The molecule has 3 aliphatic heterocycles. The first-order valence-electron chi connectivity index (χ1n) is 12.1. The van der Waals surface area contributed by atoms with Gasteiger partial charge in [-0.25, -0.2) is 14.8 Å². The maximum Gasteiger partial charge on any atom is 0.328 e. The molecule has 0 saturated carbocycles. The fraction of sp³-hybridized carbons (Fsp3) is 0.480. The van der Waals surface area contributed by atoms with E-state index in [4.69, 9.17) is 0 Å². The molecule has 3 aliphatic rings. The van der Waals surface area contributed by atoms with E-state index < -0.39 is 6.03 Å². The third kappa shape index (κ3) is 4.45. The van der Waals surface area contributed by atoms with Gasteiger partial charge in [-0.05, 0) is 55.7 Å². The van der Waals surface area contributed by atoms with Gasteiger partial charge in [0.1, 0.15) is 23.4 Å². The quantitative estimate of drug-likeness (QED) is 0.573. The summed E-state index contributed by atoms with van der Waals surface area (Å²) in [5.74, 6) is 0.787. The monoisotopic (exact) mass is 475 g/mol. The number of urea groups is 1. The molecule has 5 heterocycles. The number of aromatic nitrogens is 2. The Bertz CT molecular complexity index is 1180. The highest BCUT2D eigenvalue weighted by molar-refractivity contribution is 6.01. The fourth-order valence-corrected chi connectivity index (χ4v) is 5.47. The van der Waals surface area contributed by atoms with Gasteiger partial charge in [-0.15, -0.1) is 0 Å². The number of fused-ring (bicyclic) bond motifs is 1. The van der Waals surface area contributed by atoms with Crippen molar-refractivity contribution in [3.8, 4) is 6.07 Å². The Morgan fingerprint density at radius 2 is 2.11 bits per heavy atom. The van der Waals surface area contributed by atoms with Crippen LogP contribution >= 0.6 is 0 Å². The van der Waals surface area contributed by atoms with Crippen molar-refractivity contribution < 1.29 is 14.7 Å². The number of aliphatic hydroxyl groups excluding tert-OH is 1. The van der Waals surface area contributed by atoms with Crippen LogP contribution in [0.3, 0.4) is 0 Å². The number of carbonyl (C=O) groups excluding carboxylic acids is 2. The van der Waals surface area contributed by atoms with Crippen LogP contribution in [0.15, 0.2) is 18.3 Å². The maximum atomic E-state index is 13.2. The predicted molar refractivity (Wildman–Crippen MR) is 131 cm³/mol. The van der Waals surface area contributed by atoms with Gasteiger partial charge >= 0.3 is 6.03 Å². The number of aryl methyl sites for hydroxylation is 1. The van der Waals surface area contributed by atoms with E-state index in [-0.39, 0.29) is 12.3 Å². The molecule has 2 saturated heterocycles. The molecule has 5 rings (SSSR count). The number of rotatable bonds is 4. The minimum absolute atomic E-state index is 0.130. The number of aliphatic hydroxyl groups is 1. The van der Waals surface area contributed by atoms with E-state index in [0.717, 1.165) is 56.7 Å². The van der Waals surface area contributed by atoms with Crippen LogP contribution < -0.4 is 20.4 Å². The topological polar surface area (TPSA) is 134 Å². The molecule has 2 aromatic heterocycles. The van der Waals surface area contributed by atoms with Gasteiger partial charge in [0.15, 0.2) is 6.29 Å². The molecular formula is C25H29N7O3. The smallest absolute Gasteiger partial charge is 0.328 e. The summed E-state index contributed by atoms with van der Waals surface area (Å²) in [6.07, 6.45) is 6.89. The maximum absolute atomic E-state index is 13.2. The summed E-state index contributed by atoms with van der Waals surface area (Å²) >= 11 is 0. The number of hydrogen-bond acceptors (Lipinski definition) is 8. The SMILES string of the molecule is N#Cc1cnc(NC(=O)N2CCCc3cc(CO)c(C=O)nc32)cc1N1CCC2(CCNC2)CC1. The van der Waals surface area contributed by atoms with Gasteiger partial charge < -0.3 is 15.3 Å². The number of nitrogens with one attached hydrogen (secondary N) is 2. The Labute approximate surface area is 204 Å². The molecular weight excluding hydrogens is 446 g/mol. The molecule has 182 valence electrons. The average molecular weight is 476 g/mol. The number of hydrogen-bond donors (Lipinski definition) is 3. The number of aldehydes is 1. The van der Waals surface area contributed by atoms with Crippen LogP contribution in [0, 0.1) is 16.7 Å². The molecule has 35 heavy (non-hydrogen) atoms. The summed E-state index contributed by atoms with van der Waals surface area (Å²) in [7, 11) is 0. The summed E-state index contributed by atoms with van der Waals surface area (Å²) in [5, 5.41) is 25.5. The van der Waals surface area contributed by atoms with Crippen LogP contribution in [-0.2, 0) is 13.0 Å². The lowest BCUT2D eigenvalue weighted by molar-refractivity contribution is 0.111. The van der Waals surface area contributed by atoms with Crippen LogP contribution in [0.4, 0.5) is 22.1 Å². The molecule has 10 nitrogen and oxygen atoms in total. The molecule has 2 amide bonds. The van der Waals surface area contributed by atoms with Crippen molar-refractivity contribution in [1.29, 1.82) is 5.26 Å². The molecule has 0 atom stereocenters. The van der Waals surface area contributed by atoms with Gasteiger partial charge in [0.05, 0.1) is 17.9 Å². The van der Waals surface area contributed by atoms with Crippen molar-refractivity contribution >= 4 is 29.6 Å². The second-order valence-corrected chi connectivity index (χ2v) is 9.59. The number of pyridine rings is 2. The van der Waals surface area contributed by atoms with Crippen LogP contribution in [-0.4, -0.2) is 60.1 Å². The van der Waals surface area contributed by atoms with E-state index in [2.05, 4.69) is 31.6 Å². The number of nitriles is 1. The lowest BCUT2D eigenvalue weighted by atomic mass is 9.77. The van der Waals surface area contributed by atoms with Crippen LogP contribution in [0.1, 0.15) is 52.9 Å². The molecule has 2 fully saturated rings. The summed E-state index contributed by atoms with van der Waals surface area (Å²) in [6, 6.07) is 5.34. The number of amides is 2. The first kappa shape index (κ1) is 23.2. The van der Waals surface area contributed by atoms with Crippen molar-refractivity contribution in [2.75, 3.05) is 47.8 Å². The predicted octanol–water partition coefficient (Wildman–Crippen LogP) is 2.22. The number of piperidine rings is 1. The zero-order chi connectivity index (χ0) is 24.4. The third-order valence-electron chi connectivity index (χ3n) is 7.54. The largest absolute Gasteiger partial charge is 0.392 e. The van der Waals surface area contributed by atoms with Gasteiger partial charge in [-0.1, -0.05) is 0 Å². The summed E-state index contributed by atoms with van der Waals surface area (Å²) in [5.41, 5.74) is 3.03. The van der Waals surface area contributed by atoms with Gasteiger partial charge in [-0.2, -0.15) is 5.26 Å². The Hall–Kier alpha value is -3.55. The highest BCUT2D eigenvalue weighted by Crippen LogP contribution is 2.39. The van der Waals surface area contributed by atoms with E-state index in [0.29, 0.717) is 47.4 Å². The van der Waals surface area contributed by atoms with Gasteiger partial charge in [0, 0.05) is 44.0 Å². The lowest BCUT2D eigenvalue weighted by Gasteiger charge is -2.40. The van der Waals surface area contributed by atoms with Crippen molar-refractivity contribution in [1.82, 2.24) is 15.3 Å². The van der Waals surface area contributed by atoms with E-state index in [1.807, 2.05) is 0 Å². The van der Waals surface area contributed by atoms with E-state index in [1.54, 1.807) is 12.1 Å². The lowest BCUT2D eigenvalue weighted by Crippen LogP contribution is -2.41. The Kier molecular flexibility index (Phi) is 6.36. The Morgan fingerprint density at radius 1 is 1.29 bits per heavy atom. The number of nitrogens with zero attached hydrogens (tertiary/aromatic N) is 5. The molecule has 0 bridgehead atoms. The first-order valence-corrected chi connectivity index (χ1v) is 12.1. The van der Waals surface area contributed by atoms with Crippen molar-refractivity contribution in [2.45, 2.75) is 38.7 Å². The number of carbonyl (C=O) groups is 2. The van der Waals surface area contributed by atoms with Crippen LogP contribution in [0.25, 0.3) is 0 Å². The molecule has 1 spiro atoms. The molecule has 0 radical (unpaired) electrons. The summed E-state index contributed by atoms with van der Waals surface area (Å²) < 4.78 is 0. The summed E-state index contributed by atoms with van der Waals surface area (Å²) in [6.45, 7) is 4.01. The minimum Gasteiger partial charge on any atom is -0.392 e. The second-order valence-electron chi connectivity index (χ2n) is 9.59. The Balaban J connectivity index is 1.35. The highest BCUT2D eigenvalue weighted by atomic mass is 16.3. The normalized spacial score (nSPS) is 18.7.